The predicted octanol–water partition coefficient (Wildman–Crippen LogP) is 4.78. The van der Waals surface area contributed by atoms with Crippen LogP contribution in [0.2, 0.25) is 10.0 Å². The zero-order valence-electron chi connectivity index (χ0n) is 15.6. The van der Waals surface area contributed by atoms with Crippen LogP contribution in [0.5, 0.6) is 0 Å². The first-order valence-corrected chi connectivity index (χ1v) is 9.37. The molecule has 0 fully saturated rings. The molecule has 30 heavy (non-hydrogen) atoms. The second-order valence-electron chi connectivity index (χ2n) is 6.51. The Morgan fingerprint density at radius 3 is 1.43 bits per heavy atom. The van der Waals surface area contributed by atoms with E-state index in [9.17, 15) is 0 Å². The molecule has 0 saturated heterocycles. The molecule has 2 heterocycles. The third kappa shape index (κ3) is 4.34. The molecule has 0 bridgehead atoms. The Labute approximate surface area is 196 Å². The summed E-state index contributed by atoms with van der Waals surface area (Å²) in [5.74, 6) is 0. The molecule has 0 aliphatic heterocycles. The van der Waals surface area contributed by atoms with E-state index in [1.165, 1.54) is 0 Å². The van der Waals surface area contributed by atoms with Crippen molar-refractivity contribution in [3.8, 4) is 22.3 Å². The van der Waals surface area contributed by atoms with Gasteiger partial charge in [-0.25, -0.2) is 0 Å². The summed E-state index contributed by atoms with van der Waals surface area (Å²) in [5.41, 5.74) is 16.9. The van der Waals surface area contributed by atoms with Crippen molar-refractivity contribution < 1.29 is 0 Å². The Balaban J connectivity index is 0.00000160. The van der Waals surface area contributed by atoms with Gasteiger partial charge in [0.25, 0.3) is 0 Å². The Morgan fingerprint density at radius 2 is 1.10 bits per heavy atom. The van der Waals surface area contributed by atoms with E-state index in [4.69, 9.17) is 34.7 Å². The van der Waals surface area contributed by atoms with E-state index in [1.54, 1.807) is 12.4 Å². The summed E-state index contributed by atoms with van der Waals surface area (Å²) in [6.07, 6.45) is 3.46. The summed E-state index contributed by atoms with van der Waals surface area (Å²) in [6, 6.07) is 15.0. The van der Waals surface area contributed by atoms with Crippen molar-refractivity contribution in [1.82, 2.24) is 20.4 Å². The standard InChI is InChI=1S/C20H18Cl2N6.2ClH/c21-14-5-1-12(2-6-14)16-9-25-27-18(16)20(24,11-23)19-17(10-26-28-19)13-3-7-15(22)8-4-13;;/h1-10H,11,23-24H2,(H,25,27)(H,26,28);2*1H. The number of hydrogen-bond acceptors (Lipinski definition) is 4. The van der Waals surface area contributed by atoms with Crippen molar-refractivity contribution in [1.29, 1.82) is 0 Å². The number of aromatic nitrogens is 4. The molecule has 0 aliphatic carbocycles. The number of halogens is 4. The minimum absolute atomic E-state index is 0. The van der Waals surface area contributed by atoms with Crippen molar-refractivity contribution >= 4 is 48.0 Å². The Bertz CT molecular complexity index is 1010. The molecule has 2 aromatic carbocycles. The number of nitrogens with one attached hydrogen (secondary N) is 2. The average molecular weight is 486 g/mol. The maximum Gasteiger partial charge on any atom is 0.114 e. The molecule has 4 rings (SSSR count). The van der Waals surface area contributed by atoms with E-state index < -0.39 is 5.54 Å². The van der Waals surface area contributed by atoms with E-state index in [-0.39, 0.29) is 31.4 Å². The third-order valence-electron chi connectivity index (χ3n) is 4.80. The van der Waals surface area contributed by atoms with Gasteiger partial charge in [0.2, 0.25) is 0 Å². The molecule has 4 aromatic rings. The first-order chi connectivity index (χ1) is 13.5. The minimum Gasteiger partial charge on any atom is -0.328 e. The fraction of sp³-hybridized carbons (Fsp3) is 0.100. The molecule has 0 radical (unpaired) electrons. The minimum atomic E-state index is -1.06. The lowest BCUT2D eigenvalue weighted by atomic mass is 9.85. The maximum absolute atomic E-state index is 6.85. The molecular formula is C20H20Cl4N6. The summed E-state index contributed by atoms with van der Waals surface area (Å²) < 4.78 is 0. The zero-order valence-corrected chi connectivity index (χ0v) is 18.7. The van der Waals surface area contributed by atoms with Gasteiger partial charge in [0.15, 0.2) is 0 Å². The molecular weight excluding hydrogens is 466 g/mol. The maximum atomic E-state index is 6.85. The van der Waals surface area contributed by atoms with Crippen LogP contribution in [0.1, 0.15) is 11.4 Å². The lowest BCUT2D eigenvalue weighted by Gasteiger charge is -2.28. The largest absolute Gasteiger partial charge is 0.328 e. The fourth-order valence-corrected chi connectivity index (χ4v) is 3.53. The second-order valence-corrected chi connectivity index (χ2v) is 7.38. The van der Waals surface area contributed by atoms with Gasteiger partial charge in [-0.2, -0.15) is 10.2 Å². The predicted molar refractivity (Wildman–Crippen MR) is 127 cm³/mol. The van der Waals surface area contributed by atoms with Gasteiger partial charge in [0.1, 0.15) is 5.54 Å². The van der Waals surface area contributed by atoms with Crippen LogP contribution in [0.25, 0.3) is 22.3 Å². The summed E-state index contributed by atoms with van der Waals surface area (Å²) in [7, 11) is 0. The van der Waals surface area contributed by atoms with Gasteiger partial charge in [-0.3, -0.25) is 10.2 Å². The molecule has 0 aliphatic rings. The van der Waals surface area contributed by atoms with E-state index >= 15 is 0 Å². The Morgan fingerprint density at radius 1 is 0.733 bits per heavy atom. The van der Waals surface area contributed by atoms with Crippen molar-refractivity contribution in [3.63, 3.8) is 0 Å². The second kappa shape index (κ2) is 9.83. The van der Waals surface area contributed by atoms with Crippen LogP contribution in [-0.2, 0) is 5.54 Å². The quantitative estimate of drug-likeness (QED) is 0.326. The molecule has 0 saturated carbocycles. The molecule has 2 aromatic heterocycles. The molecule has 0 amide bonds. The van der Waals surface area contributed by atoms with Gasteiger partial charge in [-0.15, -0.1) is 24.8 Å². The lowest BCUT2D eigenvalue weighted by molar-refractivity contribution is 0.517. The highest BCUT2D eigenvalue weighted by Gasteiger charge is 2.36. The van der Waals surface area contributed by atoms with Gasteiger partial charge < -0.3 is 11.5 Å². The Hall–Kier alpha value is -2.06. The van der Waals surface area contributed by atoms with E-state index in [2.05, 4.69) is 20.4 Å². The van der Waals surface area contributed by atoms with Crippen molar-refractivity contribution in [3.05, 3.63) is 82.4 Å². The summed E-state index contributed by atoms with van der Waals surface area (Å²) in [4.78, 5) is 0. The number of benzene rings is 2. The number of aromatic amines is 2. The normalized spacial score (nSPS) is 10.9. The van der Waals surface area contributed by atoms with E-state index in [0.717, 1.165) is 22.3 Å². The Kier molecular flexibility index (Phi) is 7.93. The highest BCUT2D eigenvalue weighted by molar-refractivity contribution is 6.30. The first kappa shape index (κ1) is 24.2. The lowest BCUT2D eigenvalue weighted by Crippen LogP contribution is -2.46. The summed E-state index contributed by atoms with van der Waals surface area (Å²) in [5, 5.41) is 15.8. The van der Waals surface area contributed by atoms with Gasteiger partial charge in [0.05, 0.1) is 23.8 Å². The number of H-pyrrole nitrogens is 2. The van der Waals surface area contributed by atoms with Gasteiger partial charge in [0, 0.05) is 27.7 Å². The van der Waals surface area contributed by atoms with Gasteiger partial charge in [-0.1, -0.05) is 47.5 Å². The topological polar surface area (TPSA) is 109 Å². The number of hydrogen-bond donors (Lipinski definition) is 4. The van der Waals surface area contributed by atoms with Crippen molar-refractivity contribution in [2.45, 2.75) is 5.54 Å². The summed E-state index contributed by atoms with van der Waals surface area (Å²) in [6.45, 7) is 0.137. The number of nitrogens with two attached hydrogens (primary N) is 2. The zero-order chi connectivity index (χ0) is 19.7. The van der Waals surface area contributed by atoms with Crippen molar-refractivity contribution in [2.75, 3.05) is 6.54 Å². The van der Waals surface area contributed by atoms with Crippen molar-refractivity contribution in [2.24, 2.45) is 11.5 Å². The van der Waals surface area contributed by atoms with E-state index in [1.807, 2.05) is 48.5 Å². The smallest absolute Gasteiger partial charge is 0.114 e. The SMILES string of the molecule is Cl.Cl.NCC(N)(c1[nH]ncc1-c1ccc(Cl)cc1)c1[nH]ncc1-c1ccc(Cl)cc1. The van der Waals surface area contributed by atoms with Gasteiger partial charge in [-0.05, 0) is 35.4 Å². The summed E-state index contributed by atoms with van der Waals surface area (Å²) >= 11 is 12.0. The van der Waals surface area contributed by atoms with E-state index in [0.29, 0.717) is 21.4 Å². The number of nitrogens with zero attached hydrogens (tertiary/aromatic N) is 2. The molecule has 6 N–H and O–H groups in total. The van der Waals surface area contributed by atoms with Crippen LogP contribution >= 0.6 is 48.0 Å². The molecule has 10 heteroatoms. The molecule has 6 nitrogen and oxygen atoms in total. The monoisotopic (exact) mass is 484 g/mol. The highest BCUT2D eigenvalue weighted by atomic mass is 35.5. The average Bonchev–Trinajstić information content (AvgIpc) is 3.39. The molecule has 158 valence electrons. The first-order valence-electron chi connectivity index (χ1n) is 8.61. The van der Waals surface area contributed by atoms with Crippen LogP contribution in [-0.4, -0.2) is 26.9 Å². The van der Waals surface area contributed by atoms with Crippen LogP contribution in [0.15, 0.2) is 60.9 Å². The highest BCUT2D eigenvalue weighted by Crippen LogP contribution is 2.37. The van der Waals surface area contributed by atoms with Gasteiger partial charge >= 0.3 is 0 Å². The molecule has 0 unspecified atom stereocenters. The van der Waals surface area contributed by atoms with Crippen LogP contribution in [0.4, 0.5) is 0 Å². The van der Waals surface area contributed by atoms with Crippen LogP contribution in [0, 0.1) is 0 Å². The fourth-order valence-electron chi connectivity index (χ4n) is 3.28. The third-order valence-corrected chi connectivity index (χ3v) is 5.31. The van der Waals surface area contributed by atoms with Crippen LogP contribution in [0.3, 0.4) is 0 Å². The molecule has 0 atom stereocenters. The van der Waals surface area contributed by atoms with Crippen LogP contribution < -0.4 is 11.5 Å². The number of rotatable bonds is 5. The molecule has 0 spiro atoms.